The average Bonchev–Trinajstić information content (AvgIpc) is 3.79. The van der Waals surface area contributed by atoms with Gasteiger partial charge in [-0.1, -0.05) is 33.8 Å². The first kappa shape index (κ1) is 47.2. The molecule has 4 saturated heterocycles. The predicted molar refractivity (Wildman–Crippen MR) is 230 cm³/mol. The van der Waals surface area contributed by atoms with Crippen molar-refractivity contribution in [2.75, 3.05) is 27.2 Å². The van der Waals surface area contributed by atoms with Gasteiger partial charge in [0.2, 0.25) is 0 Å². The Labute approximate surface area is 368 Å². The minimum absolute atomic E-state index is 0.132. The van der Waals surface area contributed by atoms with Crippen LogP contribution < -0.4 is 5.32 Å². The molecule has 2 amide bonds. The van der Waals surface area contributed by atoms with Crippen molar-refractivity contribution in [3.8, 4) is 10.6 Å². The zero-order chi connectivity index (χ0) is 45.4. The van der Waals surface area contributed by atoms with E-state index < -0.39 is 89.5 Å². The fourth-order valence-electron chi connectivity index (χ4n) is 9.85. The Kier molecular flexibility index (Phi) is 14.3. The smallest absolute Gasteiger partial charge is 0.411 e. The molecule has 0 unspecified atom stereocenters. The Morgan fingerprint density at radius 3 is 2.44 bits per heavy atom. The quantitative estimate of drug-likeness (QED) is 0.205. The first-order chi connectivity index (χ1) is 29.2. The number of aryl methyl sites for hydroxylation is 1. The lowest BCUT2D eigenvalue weighted by Gasteiger charge is -2.47. The highest BCUT2D eigenvalue weighted by molar-refractivity contribution is 7.15. The van der Waals surface area contributed by atoms with Crippen LogP contribution in [0.25, 0.3) is 10.6 Å². The summed E-state index contributed by atoms with van der Waals surface area (Å²) in [5.41, 5.74) is -1.00. The summed E-state index contributed by atoms with van der Waals surface area (Å²) in [5, 5.41) is 14.4. The van der Waals surface area contributed by atoms with Crippen LogP contribution in [0.3, 0.4) is 0 Å². The number of esters is 1. The number of carbonyl (C=O) groups excluding carboxylic acids is 5. The standard InChI is InChI=1S/C45H63N5O11S/c1-12-33-45(9)38-26(5)35(51)24(3)19-44(8,39(27(6)36(52)28(7)40(54)58-33)59-41-37(53)31(49(10)11)18-25(4)57-41)60-42(55)48-20-29(22-50(38)43(56)61-45)47-21-30-15-16-32(62-30)34-23(2)14-13-17-46-34/h13-17,24-28,31,33,37-39,41,53H,12,18-22H2,1-11H3,(H,48,55)/t24-,25-,26+,27+,28-,31+,33-,37-,38+,39-,41+,44-,45-/m1/s1. The summed E-state index contributed by atoms with van der Waals surface area (Å²) in [6.07, 6.45) is -4.55. The van der Waals surface area contributed by atoms with Crippen molar-refractivity contribution in [1.82, 2.24) is 20.1 Å². The van der Waals surface area contributed by atoms with E-state index in [1.807, 2.05) is 57.1 Å². The molecule has 0 aliphatic carbocycles. The lowest BCUT2D eigenvalue weighted by atomic mass is 9.73. The maximum atomic E-state index is 14.9. The minimum atomic E-state index is -1.74. The number of carbonyl (C=O) groups is 5. The average molecular weight is 882 g/mol. The van der Waals surface area contributed by atoms with E-state index in [1.54, 1.807) is 47.7 Å². The molecule has 0 aromatic carbocycles. The molecule has 340 valence electrons. The van der Waals surface area contributed by atoms with Gasteiger partial charge in [-0.15, -0.1) is 11.3 Å². The van der Waals surface area contributed by atoms with Crippen molar-refractivity contribution >= 4 is 46.8 Å². The second-order valence-electron chi connectivity index (χ2n) is 18.2. The number of nitrogens with one attached hydrogen (secondary N) is 1. The van der Waals surface area contributed by atoms with Crippen molar-refractivity contribution in [3.63, 3.8) is 0 Å². The van der Waals surface area contributed by atoms with Crippen molar-refractivity contribution in [2.45, 2.75) is 142 Å². The molecule has 4 aliphatic rings. The molecule has 0 saturated carbocycles. The number of likely N-dealkylation sites (N-methyl/N-ethyl adjacent to an activating group) is 1. The summed E-state index contributed by atoms with van der Waals surface area (Å²) in [5.74, 6) is -5.95. The normalized spacial score (nSPS) is 37.0. The Bertz CT molecular complexity index is 2040. The molecule has 2 aromatic heterocycles. The largest absolute Gasteiger partial charge is 0.458 e. The Balaban J connectivity index is 1.47. The second-order valence-corrected chi connectivity index (χ2v) is 19.3. The molecule has 4 aliphatic heterocycles. The van der Waals surface area contributed by atoms with E-state index in [2.05, 4.69) is 10.3 Å². The number of Topliss-reactive ketones (excluding diaryl/α,β-unsaturated/α-hetero) is 2. The van der Waals surface area contributed by atoms with Crippen molar-refractivity contribution < 1.29 is 52.8 Å². The van der Waals surface area contributed by atoms with Crippen LogP contribution in [0, 0.1) is 30.6 Å². The number of aliphatic imine (C=N–C) groups is 1. The third-order valence-electron chi connectivity index (χ3n) is 13.2. The molecule has 13 atom stereocenters. The number of nitrogens with zero attached hydrogens (tertiary/aromatic N) is 4. The van der Waals surface area contributed by atoms with Crippen LogP contribution in [-0.4, -0.2) is 137 Å². The van der Waals surface area contributed by atoms with Crippen LogP contribution in [0.15, 0.2) is 35.5 Å². The van der Waals surface area contributed by atoms with Gasteiger partial charge >= 0.3 is 18.2 Å². The molecule has 2 bridgehead atoms. The van der Waals surface area contributed by atoms with Gasteiger partial charge in [-0.05, 0) is 91.7 Å². The molecule has 2 aromatic rings. The molecule has 0 radical (unpaired) electrons. The number of ether oxygens (including phenoxy) is 5. The SMILES string of the molecule is CC[C@H]1OC(=O)[C@H](C)C(=O)[C@H](C)[C@@H](O[C@@H]2O[C@H](C)C[C@H](N(C)C)[C@H]2O)[C@@]2(C)C[C@@H](C)C(=O)[C@H](C)[C@@H]3N(CC(=NCc4ccc(-c5ncccc5C)s4)CNC(=O)O2)C(=O)O[C@@]31C. The molecule has 0 spiro atoms. The lowest BCUT2D eigenvalue weighted by Crippen LogP contribution is -2.60. The van der Waals surface area contributed by atoms with Gasteiger partial charge in [0.05, 0.1) is 48.1 Å². The minimum Gasteiger partial charge on any atom is -0.458 e. The molecular formula is C45H63N5O11S. The molecule has 2 N–H and O–H groups in total. The van der Waals surface area contributed by atoms with Gasteiger partial charge in [-0.2, -0.15) is 0 Å². The van der Waals surface area contributed by atoms with Crippen molar-refractivity contribution in [1.29, 1.82) is 0 Å². The Hall–Kier alpha value is -4.29. The van der Waals surface area contributed by atoms with Gasteiger partial charge in [-0.25, -0.2) is 9.59 Å². The summed E-state index contributed by atoms with van der Waals surface area (Å²) in [6.45, 7) is 15.2. The molecule has 17 heteroatoms. The second kappa shape index (κ2) is 18.8. The van der Waals surface area contributed by atoms with E-state index in [0.29, 0.717) is 12.1 Å². The third kappa shape index (κ3) is 9.47. The van der Waals surface area contributed by atoms with Crippen LogP contribution in [-0.2, 0) is 44.6 Å². The summed E-state index contributed by atoms with van der Waals surface area (Å²) < 4.78 is 31.5. The van der Waals surface area contributed by atoms with Crippen LogP contribution in [0.5, 0.6) is 0 Å². The molecule has 6 heterocycles. The first-order valence-corrected chi connectivity index (χ1v) is 22.4. The topological polar surface area (TPSA) is 195 Å². The monoisotopic (exact) mass is 881 g/mol. The summed E-state index contributed by atoms with van der Waals surface area (Å²) in [4.78, 5) is 86.4. The van der Waals surface area contributed by atoms with Crippen molar-refractivity contribution in [3.05, 3.63) is 40.9 Å². The third-order valence-corrected chi connectivity index (χ3v) is 14.3. The number of rotatable bonds is 7. The van der Waals surface area contributed by atoms with Crippen LogP contribution in [0.2, 0.25) is 0 Å². The number of aliphatic hydroxyl groups is 1. The lowest BCUT2D eigenvalue weighted by molar-refractivity contribution is -0.292. The molecule has 62 heavy (non-hydrogen) atoms. The number of fused-ring (bicyclic) bond motifs is 4. The van der Waals surface area contributed by atoms with E-state index in [4.69, 9.17) is 28.7 Å². The summed E-state index contributed by atoms with van der Waals surface area (Å²) >= 11 is 1.52. The zero-order valence-electron chi connectivity index (χ0n) is 37.7. The van der Waals surface area contributed by atoms with E-state index >= 15 is 0 Å². The number of cyclic esters (lactones) is 1. The van der Waals surface area contributed by atoms with E-state index in [9.17, 15) is 29.1 Å². The number of hydrogen-bond donors (Lipinski definition) is 2. The maximum Gasteiger partial charge on any atom is 0.411 e. The molecule has 16 nitrogen and oxygen atoms in total. The van der Waals surface area contributed by atoms with Crippen LogP contribution >= 0.6 is 11.3 Å². The molecule has 4 fully saturated rings. The Morgan fingerprint density at radius 2 is 1.76 bits per heavy atom. The maximum absolute atomic E-state index is 14.9. The zero-order valence-corrected chi connectivity index (χ0v) is 38.5. The van der Waals surface area contributed by atoms with Gasteiger partial charge in [0.1, 0.15) is 35.6 Å². The number of aromatic nitrogens is 1. The number of aliphatic hydroxyl groups excluding tert-OH is 1. The first-order valence-electron chi connectivity index (χ1n) is 21.6. The van der Waals surface area contributed by atoms with E-state index in [1.165, 1.54) is 23.2 Å². The summed E-state index contributed by atoms with van der Waals surface area (Å²) in [7, 11) is 3.67. The highest BCUT2D eigenvalue weighted by Crippen LogP contribution is 2.43. The van der Waals surface area contributed by atoms with Gasteiger partial charge in [0, 0.05) is 34.9 Å². The fraction of sp³-hybridized carbons (Fsp3) is 0.667. The Morgan fingerprint density at radius 1 is 1.03 bits per heavy atom. The summed E-state index contributed by atoms with van der Waals surface area (Å²) in [6, 6.07) is 6.47. The van der Waals surface area contributed by atoms with E-state index in [0.717, 1.165) is 21.0 Å². The van der Waals surface area contributed by atoms with Crippen LogP contribution in [0.1, 0.15) is 85.1 Å². The van der Waals surface area contributed by atoms with E-state index in [-0.39, 0.29) is 50.4 Å². The number of thiophene rings is 1. The number of ketones is 2. The van der Waals surface area contributed by atoms with Crippen LogP contribution in [0.4, 0.5) is 9.59 Å². The number of hydrogen-bond acceptors (Lipinski definition) is 15. The van der Waals surface area contributed by atoms with Gasteiger partial charge < -0.3 is 39.0 Å². The molecule has 6 rings (SSSR count). The van der Waals surface area contributed by atoms with Gasteiger partial charge in [0.15, 0.2) is 17.7 Å². The predicted octanol–water partition coefficient (Wildman–Crippen LogP) is 5.36. The van der Waals surface area contributed by atoms with Crippen molar-refractivity contribution in [2.24, 2.45) is 28.7 Å². The highest BCUT2D eigenvalue weighted by atomic mass is 32.1. The molecular weight excluding hydrogens is 819 g/mol. The fourth-order valence-corrected chi connectivity index (χ4v) is 10.8. The van der Waals surface area contributed by atoms with Gasteiger partial charge in [0.25, 0.3) is 0 Å². The number of amides is 2. The van der Waals surface area contributed by atoms with Gasteiger partial charge in [-0.3, -0.25) is 29.3 Å². The number of pyridine rings is 1. The number of alkyl carbamates (subject to hydrolysis) is 1. The highest BCUT2D eigenvalue weighted by Gasteiger charge is 2.61.